The standard InChI is InChI=1S/C14H17N3O2/c1-8-6-7-11-13(15-8)17-12(16-11)9-4-2-3-5-10(9)14(18)19/h6-7,9-10H,2-5H2,1H3,(H,18,19)(H,15,16,17). The number of pyridine rings is 1. The Labute approximate surface area is 111 Å². The van der Waals surface area contributed by atoms with Crippen LogP contribution in [0.5, 0.6) is 0 Å². The summed E-state index contributed by atoms with van der Waals surface area (Å²) >= 11 is 0. The molecule has 2 atom stereocenters. The number of aryl methyl sites for hydroxylation is 1. The van der Waals surface area contributed by atoms with Gasteiger partial charge in [0.2, 0.25) is 0 Å². The molecule has 3 rings (SSSR count). The molecule has 0 radical (unpaired) electrons. The van der Waals surface area contributed by atoms with Gasteiger partial charge in [0, 0.05) is 11.6 Å². The summed E-state index contributed by atoms with van der Waals surface area (Å²) in [4.78, 5) is 23.5. The normalized spacial score (nSPS) is 23.6. The van der Waals surface area contributed by atoms with Gasteiger partial charge in [-0.2, -0.15) is 0 Å². The molecule has 0 aliphatic heterocycles. The number of aromatic amines is 1. The molecule has 2 heterocycles. The Morgan fingerprint density at radius 2 is 2.11 bits per heavy atom. The van der Waals surface area contributed by atoms with E-state index in [0.29, 0.717) is 5.65 Å². The maximum Gasteiger partial charge on any atom is 0.307 e. The van der Waals surface area contributed by atoms with E-state index in [1.54, 1.807) is 0 Å². The zero-order valence-electron chi connectivity index (χ0n) is 10.9. The molecular weight excluding hydrogens is 242 g/mol. The minimum atomic E-state index is -0.714. The summed E-state index contributed by atoms with van der Waals surface area (Å²) in [6.07, 6.45) is 3.68. The number of imidazole rings is 1. The van der Waals surface area contributed by atoms with Crippen LogP contribution in [0.1, 0.15) is 43.1 Å². The minimum absolute atomic E-state index is 0.0132. The molecule has 2 N–H and O–H groups in total. The third-order valence-corrected chi connectivity index (χ3v) is 3.94. The molecule has 100 valence electrons. The third kappa shape index (κ3) is 2.20. The lowest BCUT2D eigenvalue weighted by atomic mass is 9.79. The molecule has 5 nitrogen and oxygen atoms in total. The summed E-state index contributed by atoms with van der Waals surface area (Å²) in [5.74, 6) is -0.273. The highest BCUT2D eigenvalue weighted by Gasteiger charge is 2.33. The van der Waals surface area contributed by atoms with Gasteiger partial charge in [-0.1, -0.05) is 12.8 Å². The number of aromatic nitrogens is 3. The van der Waals surface area contributed by atoms with E-state index in [1.165, 1.54) is 0 Å². The summed E-state index contributed by atoms with van der Waals surface area (Å²) in [7, 11) is 0. The van der Waals surface area contributed by atoms with Crippen molar-refractivity contribution in [3.05, 3.63) is 23.7 Å². The van der Waals surface area contributed by atoms with Gasteiger partial charge in [-0.25, -0.2) is 9.97 Å². The molecule has 1 fully saturated rings. The topological polar surface area (TPSA) is 78.9 Å². The Kier molecular flexibility index (Phi) is 2.97. The van der Waals surface area contributed by atoms with E-state index in [0.717, 1.165) is 42.7 Å². The molecule has 1 saturated carbocycles. The molecular formula is C14H17N3O2. The first-order chi connectivity index (χ1) is 9.15. The average Bonchev–Trinajstić information content (AvgIpc) is 2.81. The SMILES string of the molecule is Cc1ccc2[nH]c(C3CCCCC3C(=O)O)nc2n1. The van der Waals surface area contributed by atoms with Crippen molar-refractivity contribution in [2.24, 2.45) is 5.92 Å². The van der Waals surface area contributed by atoms with E-state index in [9.17, 15) is 9.90 Å². The Hall–Kier alpha value is -1.91. The highest BCUT2D eigenvalue weighted by Crippen LogP contribution is 2.37. The van der Waals surface area contributed by atoms with Crippen molar-refractivity contribution in [2.75, 3.05) is 0 Å². The molecule has 0 amide bonds. The summed E-state index contributed by atoms with van der Waals surface area (Å²) < 4.78 is 0. The number of hydrogen-bond acceptors (Lipinski definition) is 3. The maximum absolute atomic E-state index is 11.4. The van der Waals surface area contributed by atoms with E-state index >= 15 is 0 Å². The van der Waals surface area contributed by atoms with Crippen LogP contribution >= 0.6 is 0 Å². The van der Waals surface area contributed by atoms with Gasteiger partial charge in [0.1, 0.15) is 5.82 Å². The highest BCUT2D eigenvalue weighted by atomic mass is 16.4. The molecule has 0 spiro atoms. The van der Waals surface area contributed by atoms with Crippen LogP contribution in [0.25, 0.3) is 11.2 Å². The maximum atomic E-state index is 11.4. The smallest absolute Gasteiger partial charge is 0.307 e. The quantitative estimate of drug-likeness (QED) is 0.869. The van der Waals surface area contributed by atoms with Crippen LogP contribution in [0.3, 0.4) is 0 Å². The first-order valence-corrected chi connectivity index (χ1v) is 6.71. The van der Waals surface area contributed by atoms with Crippen LogP contribution in [-0.4, -0.2) is 26.0 Å². The van der Waals surface area contributed by atoms with Gasteiger partial charge < -0.3 is 10.1 Å². The summed E-state index contributed by atoms with van der Waals surface area (Å²) in [5, 5.41) is 9.33. The largest absolute Gasteiger partial charge is 0.481 e. The lowest BCUT2D eigenvalue weighted by Gasteiger charge is -2.26. The predicted octanol–water partition coefficient (Wildman–Crippen LogP) is 2.62. The van der Waals surface area contributed by atoms with E-state index in [2.05, 4.69) is 15.0 Å². The van der Waals surface area contributed by atoms with Crippen molar-refractivity contribution in [2.45, 2.75) is 38.5 Å². The van der Waals surface area contributed by atoms with Crippen molar-refractivity contribution in [3.8, 4) is 0 Å². The number of hydrogen-bond donors (Lipinski definition) is 2. The second-order valence-corrected chi connectivity index (χ2v) is 5.28. The first-order valence-electron chi connectivity index (χ1n) is 6.71. The summed E-state index contributed by atoms with van der Waals surface area (Å²) in [6, 6.07) is 3.88. The molecule has 1 aliphatic carbocycles. The van der Waals surface area contributed by atoms with Gasteiger partial charge in [0.15, 0.2) is 5.65 Å². The van der Waals surface area contributed by atoms with E-state index in [4.69, 9.17) is 0 Å². The number of carboxylic acids is 1. The Morgan fingerprint density at radius 1 is 1.32 bits per heavy atom. The lowest BCUT2D eigenvalue weighted by molar-refractivity contribution is -0.143. The molecule has 2 unspecified atom stereocenters. The molecule has 0 aromatic carbocycles. The number of carboxylic acid groups (broad SMARTS) is 1. The van der Waals surface area contributed by atoms with Gasteiger partial charge in [-0.3, -0.25) is 4.79 Å². The fraction of sp³-hybridized carbons (Fsp3) is 0.500. The predicted molar refractivity (Wildman–Crippen MR) is 71.0 cm³/mol. The number of nitrogens with one attached hydrogen (secondary N) is 1. The molecule has 1 aliphatic rings. The van der Waals surface area contributed by atoms with Gasteiger partial charge in [0.05, 0.1) is 11.4 Å². The third-order valence-electron chi connectivity index (χ3n) is 3.94. The minimum Gasteiger partial charge on any atom is -0.481 e. The summed E-state index contributed by atoms with van der Waals surface area (Å²) in [5.41, 5.74) is 2.49. The number of aliphatic carboxylic acids is 1. The van der Waals surface area contributed by atoms with E-state index < -0.39 is 5.97 Å². The van der Waals surface area contributed by atoms with Crippen LogP contribution < -0.4 is 0 Å². The van der Waals surface area contributed by atoms with Crippen molar-refractivity contribution >= 4 is 17.1 Å². The number of H-pyrrole nitrogens is 1. The second-order valence-electron chi connectivity index (χ2n) is 5.28. The van der Waals surface area contributed by atoms with Crippen molar-refractivity contribution < 1.29 is 9.90 Å². The molecule has 0 saturated heterocycles. The highest BCUT2D eigenvalue weighted by molar-refractivity contribution is 5.73. The zero-order chi connectivity index (χ0) is 13.4. The number of carbonyl (C=O) groups is 1. The average molecular weight is 259 g/mol. The Morgan fingerprint density at radius 3 is 2.89 bits per heavy atom. The summed E-state index contributed by atoms with van der Waals surface area (Å²) in [6.45, 7) is 1.93. The van der Waals surface area contributed by atoms with E-state index in [1.807, 2.05) is 19.1 Å². The molecule has 19 heavy (non-hydrogen) atoms. The number of rotatable bonds is 2. The molecule has 5 heteroatoms. The second kappa shape index (κ2) is 4.64. The van der Waals surface area contributed by atoms with Crippen molar-refractivity contribution in [1.82, 2.24) is 15.0 Å². The fourth-order valence-electron chi connectivity index (χ4n) is 2.94. The van der Waals surface area contributed by atoms with Crippen LogP contribution in [0.2, 0.25) is 0 Å². The zero-order valence-corrected chi connectivity index (χ0v) is 10.9. The first kappa shape index (κ1) is 12.1. The van der Waals surface area contributed by atoms with Crippen LogP contribution in [0.4, 0.5) is 0 Å². The monoisotopic (exact) mass is 259 g/mol. The van der Waals surface area contributed by atoms with Crippen molar-refractivity contribution in [3.63, 3.8) is 0 Å². The van der Waals surface area contributed by atoms with E-state index in [-0.39, 0.29) is 11.8 Å². The van der Waals surface area contributed by atoms with Crippen LogP contribution in [0.15, 0.2) is 12.1 Å². The van der Waals surface area contributed by atoms with Gasteiger partial charge >= 0.3 is 5.97 Å². The molecule has 2 aromatic heterocycles. The van der Waals surface area contributed by atoms with Gasteiger partial charge in [-0.15, -0.1) is 0 Å². The van der Waals surface area contributed by atoms with Gasteiger partial charge in [-0.05, 0) is 31.9 Å². The lowest BCUT2D eigenvalue weighted by Crippen LogP contribution is -2.26. The molecule has 0 bridgehead atoms. The Balaban J connectivity index is 1.99. The molecule has 2 aromatic rings. The van der Waals surface area contributed by atoms with Gasteiger partial charge in [0.25, 0.3) is 0 Å². The van der Waals surface area contributed by atoms with Crippen LogP contribution in [-0.2, 0) is 4.79 Å². The number of fused-ring (bicyclic) bond motifs is 1. The Bertz CT molecular complexity index is 620. The number of nitrogens with zero attached hydrogens (tertiary/aromatic N) is 2. The van der Waals surface area contributed by atoms with Crippen molar-refractivity contribution in [1.29, 1.82) is 0 Å². The van der Waals surface area contributed by atoms with Crippen LogP contribution in [0, 0.1) is 12.8 Å². The fourth-order valence-corrected chi connectivity index (χ4v) is 2.94.